The molecule has 18 heavy (non-hydrogen) atoms. The predicted molar refractivity (Wildman–Crippen MR) is 65.5 cm³/mol. The third kappa shape index (κ3) is 0.696. The summed E-state index contributed by atoms with van der Waals surface area (Å²) in [5.41, 5.74) is 3.30. The smallest absolute Gasteiger partial charge is 0.190 e. The normalized spacial score (nSPS) is 28.0. The average Bonchev–Trinajstić information content (AvgIpc) is 3.26. The number of hydrogen-bond acceptors (Lipinski definition) is 2. The number of allylic oxidation sites excluding steroid dienone is 2. The van der Waals surface area contributed by atoms with Crippen molar-refractivity contribution < 1.29 is 9.59 Å². The molecule has 88 valence electrons. The second-order valence-corrected chi connectivity index (χ2v) is 6.12. The van der Waals surface area contributed by atoms with Crippen LogP contribution in [0.2, 0.25) is 0 Å². The van der Waals surface area contributed by atoms with Gasteiger partial charge in [-0.3, -0.25) is 9.59 Å². The topological polar surface area (TPSA) is 34.1 Å². The van der Waals surface area contributed by atoms with Crippen LogP contribution >= 0.6 is 0 Å². The molecule has 0 radical (unpaired) electrons. The molecule has 2 heteroatoms. The monoisotopic (exact) mass is 236 g/mol. The first-order valence-corrected chi connectivity index (χ1v) is 6.65. The first-order chi connectivity index (χ1) is 8.71. The molecule has 0 aliphatic heterocycles. The number of ketones is 2. The molecule has 2 fully saturated rings. The highest BCUT2D eigenvalue weighted by Gasteiger charge is 2.78. The van der Waals surface area contributed by atoms with Crippen LogP contribution in [-0.4, -0.2) is 11.6 Å². The molecule has 4 aliphatic rings. The Morgan fingerprint density at radius 3 is 1.44 bits per heavy atom. The van der Waals surface area contributed by atoms with Crippen molar-refractivity contribution in [1.82, 2.24) is 0 Å². The highest BCUT2D eigenvalue weighted by Crippen LogP contribution is 2.84. The summed E-state index contributed by atoms with van der Waals surface area (Å²) in [6.45, 7) is 0. The van der Waals surface area contributed by atoms with Gasteiger partial charge in [0.2, 0.25) is 0 Å². The van der Waals surface area contributed by atoms with Crippen molar-refractivity contribution in [2.24, 2.45) is 10.8 Å². The van der Waals surface area contributed by atoms with Gasteiger partial charge in [-0.25, -0.2) is 0 Å². The van der Waals surface area contributed by atoms with E-state index in [2.05, 4.69) is 0 Å². The lowest BCUT2D eigenvalue weighted by molar-refractivity contribution is 0.0888. The van der Waals surface area contributed by atoms with Crippen molar-refractivity contribution in [2.45, 2.75) is 25.7 Å². The van der Waals surface area contributed by atoms with E-state index in [1.165, 1.54) is 0 Å². The van der Waals surface area contributed by atoms with E-state index in [0.29, 0.717) is 11.1 Å². The largest absolute Gasteiger partial charge is 0.289 e. The summed E-state index contributed by atoms with van der Waals surface area (Å²) in [4.78, 5) is 25.2. The number of rotatable bonds is 0. The lowest BCUT2D eigenvalue weighted by Gasteiger charge is -2.45. The van der Waals surface area contributed by atoms with E-state index in [0.717, 1.165) is 36.8 Å². The molecule has 0 amide bonds. The number of carbonyl (C=O) groups is 2. The minimum absolute atomic E-state index is 0.128. The molecule has 5 rings (SSSR count). The zero-order valence-corrected chi connectivity index (χ0v) is 9.95. The van der Waals surface area contributed by atoms with Gasteiger partial charge in [-0.1, -0.05) is 24.3 Å². The maximum atomic E-state index is 12.6. The van der Waals surface area contributed by atoms with Crippen LogP contribution in [0.4, 0.5) is 0 Å². The first-order valence-electron chi connectivity index (χ1n) is 6.65. The Bertz CT molecular complexity index is 626. The summed E-state index contributed by atoms with van der Waals surface area (Å²) in [5, 5.41) is 0. The lowest BCUT2D eigenvalue weighted by Crippen LogP contribution is -2.45. The molecule has 4 aliphatic carbocycles. The summed E-state index contributed by atoms with van der Waals surface area (Å²) in [5.74, 6) is 0.269. The number of hydrogen-bond donors (Lipinski definition) is 0. The van der Waals surface area contributed by atoms with E-state index in [4.69, 9.17) is 0 Å². The van der Waals surface area contributed by atoms with Crippen LogP contribution in [0.1, 0.15) is 46.4 Å². The Kier molecular flexibility index (Phi) is 1.22. The number of fused-ring (bicyclic) bond motifs is 4. The molecule has 2 spiro atoms. The fraction of sp³-hybridized carbons (Fsp3) is 0.375. The molecule has 0 atom stereocenters. The van der Waals surface area contributed by atoms with Gasteiger partial charge in [-0.05, 0) is 25.7 Å². The minimum Gasteiger partial charge on any atom is -0.289 e. The van der Waals surface area contributed by atoms with Gasteiger partial charge in [0.05, 0.1) is 0 Å². The van der Waals surface area contributed by atoms with Crippen LogP contribution in [0.15, 0.2) is 35.4 Å². The summed E-state index contributed by atoms with van der Waals surface area (Å²) >= 11 is 0. The highest BCUT2D eigenvalue weighted by atomic mass is 16.1. The molecular weight excluding hydrogens is 224 g/mol. The van der Waals surface area contributed by atoms with Crippen LogP contribution in [0.5, 0.6) is 0 Å². The van der Waals surface area contributed by atoms with Gasteiger partial charge >= 0.3 is 0 Å². The van der Waals surface area contributed by atoms with Crippen molar-refractivity contribution in [1.29, 1.82) is 0 Å². The average molecular weight is 236 g/mol. The van der Waals surface area contributed by atoms with E-state index >= 15 is 0 Å². The number of benzene rings is 1. The van der Waals surface area contributed by atoms with Gasteiger partial charge in [-0.2, -0.15) is 0 Å². The second-order valence-electron chi connectivity index (χ2n) is 6.12. The first kappa shape index (κ1) is 9.26. The Balaban J connectivity index is 1.82. The second kappa shape index (κ2) is 2.37. The third-order valence-electron chi connectivity index (χ3n) is 5.49. The Labute approximate surface area is 105 Å². The Morgan fingerprint density at radius 1 is 0.722 bits per heavy atom. The molecule has 0 N–H and O–H groups in total. The lowest BCUT2D eigenvalue weighted by atomic mass is 9.55. The fourth-order valence-corrected chi connectivity index (χ4v) is 4.41. The molecule has 0 saturated heterocycles. The van der Waals surface area contributed by atoms with Gasteiger partial charge in [0.25, 0.3) is 0 Å². The van der Waals surface area contributed by atoms with E-state index in [9.17, 15) is 9.59 Å². The molecule has 0 unspecified atom stereocenters. The Hall–Kier alpha value is -1.70. The van der Waals surface area contributed by atoms with E-state index in [-0.39, 0.29) is 22.4 Å². The van der Waals surface area contributed by atoms with Gasteiger partial charge in [0, 0.05) is 33.1 Å². The molecule has 0 aromatic heterocycles. The summed E-state index contributed by atoms with van der Waals surface area (Å²) in [7, 11) is 0. The Morgan fingerprint density at radius 2 is 1.11 bits per heavy atom. The van der Waals surface area contributed by atoms with Crippen molar-refractivity contribution in [3.05, 3.63) is 46.5 Å². The fourth-order valence-electron chi connectivity index (χ4n) is 4.41. The SMILES string of the molecule is O=C1C2=C(C(=O)c3ccccc31)C1(CC1)C21CC1. The zero-order valence-electron chi connectivity index (χ0n) is 9.95. The summed E-state index contributed by atoms with van der Waals surface area (Å²) < 4.78 is 0. The molecule has 1 aromatic rings. The van der Waals surface area contributed by atoms with Gasteiger partial charge < -0.3 is 0 Å². The van der Waals surface area contributed by atoms with E-state index in [1.54, 1.807) is 12.1 Å². The van der Waals surface area contributed by atoms with Crippen LogP contribution in [0.3, 0.4) is 0 Å². The maximum Gasteiger partial charge on any atom is 0.190 e. The quantitative estimate of drug-likeness (QED) is 0.694. The van der Waals surface area contributed by atoms with Crippen LogP contribution in [-0.2, 0) is 0 Å². The van der Waals surface area contributed by atoms with Crippen molar-refractivity contribution in [3.63, 3.8) is 0 Å². The minimum atomic E-state index is 0.128. The molecule has 1 aromatic carbocycles. The van der Waals surface area contributed by atoms with Crippen LogP contribution < -0.4 is 0 Å². The third-order valence-corrected chi connectivity index (χ3v) is 5.49. The van der Waals surface area contributed by atoms with Crippen molar-refractivity contribution in [3.8, 4) is 0 Å². The molecule has 2 saturated carbocycles. The zero-order chi connectivity index (χ0) is 12.1. The van der Waals surface area contributed by atoms with Gasteiger partial charge in [0.1, 0.15) is 0 Å². The summed E-state index contributed by atoms with van der Waals surface area (Å²) in [6.07, 6.45) is 4.47. The standard InChI is InChI=1S/C16H12O2/c17-13-9-3-1-2-4-10(9)14(18)12-11(13)15(5-6-15)16(12)7-8-16/h1-4H,5-8H2. The van der Waals surface area contributed by atoms with Crippen LogP contribution in [0, 0.1) is 10.8 Å². The molecule has 0 heterocycles. The van der Waals surface area contributed by atoms with Crippen LogP contribution in [0.25, 0.3) is 0 Å². The summed E-state index contributed by atoms with van der Waals surface area (Å²) in [6, 6.07) is 7.29. The maximum absolute atomic E-state index is 12.6. The van der Waals surface area contributed by atoms with E-state index < -0.39 is 0 Å². The van der Waals surface area contributed by atoms with Gasteiger partial charge in [-0.15, -0.1) is 0 Å². The number of carbonyl (C=O) groups excluding carboxylic acids is 2. The molecule has 2 nitrogen and oxygen atoms in total. The molecular formula is C16H12O2. The van der Waals surface area contributed by atoms with Gasteiger partial charge in [0.15, 0.2) is 11.6 Å². The number of Topliss-reactive ketones (excluding diaryl/α,β-unsaturated/α-hetero) is 2. The van der Waals surface area contributed by atoms with E-state index in [1.807, 2.05) is 12.1 Å². The van der Waals surface area contributed by atoms with Crippen molar-refractivity contribution in [2.75, 3.05) is 0 Å². The predicted octanol–water partition coefficient (Wildman–Crippen LogP) is 2.94. The molecule has 0 bridgehead atoms. The van der Waals surface area contributed by atoms with Crippen molar-refractivity contribution >= 4 is 11.6 Å². The highest BCUT2D eigenvalue weighted by molar-refractivity contribution is 6.30.